The number of esters is 1. The monoisotopic (exact) mass is 885 g/mol. The van der Waals surface area contributed by atoms with E-state index in [0.29, 0.717) is 12.3 Å². The van der Waals surface area contributed by atoms with E-state index in [1.807, 2.05) is 6.92 Å². The predicted molar refractivity (Wildman–Crippen MR) is 298 cm³/mol. The third-order valence-corrected chi connectivity index (χ3v) is 26.1. The Morgan fingerprint density at radius 1 is 0.333 bits per heavy atom. The summed E-state index contributed by atoms with van der Waals surface area (Å²) >= 11 is 0. The van der Waals surface area contributed by atoms with Gasteiger partial charge >= 0.3 is 5.97 Å². The molecule has 3 nitrogen and oxygen atoms in total. The number of aromatic amines is 1. The topological polar surface area (TPSA) is 42.1 Å². The van der Waals surface area contributed by atoms with E-state index in [-0.39, 0.29) is 11.4 Å². The fraction of sp³-hybridized carbons (Fsp3) is 0.0870. The van der Waals surface area contributed by atoms with Crippen molar-refractivity contribution in [2.75, 3.05) is 6.61 Å². The summed E-state index contributed by atoms with van der Waals surface area (Å²) in [6, 6.07) is 0. The van der Waals surface area contributed by atoms with Gasteiger partial charge in [0.2, 0.25) is 0 Å². The third kappa shape index (κ3) is 1.43. The molecule has 29 aromatic rings. The maximum atomic E-state index is 14.5. The molecule has 304 valence electrons. The molecule has 2 spiro atoms. The van der Waals surface area contributed by atoms with E-state index in [0.717, 1.165) is 12.8 Å². The SMILES string of the molecule is CCOC(=O)c1[nH]cc2c1CC13c4c5c6c7c8c9c(c%10c%11c1c1c4c4c%12c5c5c6c6c8c8c%13c9c9c%10c%10c%11c%11c1c1c4c4c%12c%12c5c5c6c8c6c8c%13c9c9c%10c%10c%11c1c1c4c4c%12c5c6c5c8c9c%10c1c45)C73C2. The summed E-state index contributed by atoms with van der Waals surface area (Å²) in [5.74, 6) is -0.195. The lowest BCUT2D eigenvalue weighted by Gasteiger charge is -2.57. The number of H-pyrrole nitrogens is 1. The number of benzene rings is 18. The second kappa shape index (κ2) is 6.12. The molecule has 3 heteroatoms. The predicted octanol–water partition coefficient (Wildman–Crippen LogP) is 17.6. The molecule has 0 bridgehead atoms. The lowest BCUT2D eigenvalue weighted by Crippen LogP contribution is -2.56. The van der Waals surface area contributed by atoms with Crippen LogP contribution in [0.3, 0.4) is 0 Å². The average molecular weight is 886 g/mol. The van der Waals surface area contributed by atoms with Crippen molar-refractivity contribution in [3.8, 4) is 0 Å². The lowest BCUT2D eigenvalue weighted by atomic mass is 9.43. The minimum atomic E-state index is -0.408. The first-order chi connectivity index (χ1) is 35.8. The van der Waals surface area contributed by atoms with Gasteiger partial charge in [0.15, 0.2) is 0 Å². The number of hydrogen-bond donors (Lipinski definition) is 1. The molecule has 1 N–H and O–H groups in total. The molecule has 5 aliphatic rings. The van der Waals surface area contributed by atoms with Crippen LogP contribution in [0.5, 0.6) is 0 Å². The molecule has 0 saturated heterocycles. The maximum absolute atomic E-state index is 14.5. The smallest absolute Gasteiger partial charge is 0.355 e. The first-order valence-electron chi connectivity index (χ1n) is 26.9. The van der Waals surface area contributed by atoms with E-state index in [1.54, 1.807) is 313 Å². The molecule has 0 amide bonds. The Bertz CT molecular complexity index is 7320. The van der Waals surface area contributed by atoms with Crippen LogP contribution in [-0.2, 0) is 28.4 Å². The highest BCUT2D eigenvalue weighted by molar-refractivity contribution is 6.82. The molecule has 0 saturated carbocycles. The summed E-state index contributed by atoms with van der Waals surface area (Å²) in [6.45, 7) is 2.33. The number of hydrogen-bond acceptors (Lipinski definition) is 2. The summed E-state index contributed by atoms with van der Waals surface area (Å²) in [5, 5.41) is 87.8. The normalized spacial score (nSPS) is 22.1. The Labute approximate surface area is 391 Å². The number of nitrogens with one attached hydrogen (secondary N) is 1. The average Bonchev–Trinajstić information content (AvgIpc) is 4.36. The molecule has 0 atom stereocenters. The first kappa shape index (κ1) is 27.0. The van der Waals surface area contributed by atoms with Crippen molar-refractivity contribution in [1.82, 2.24) is 4.98 Å². The third-order valence-electron chi connectivity index (χ3n) is 26.1. The van der Waals surface area contributed by atoms with Gasteiger partial charge in [-0.3, -0.25) is 0 Å². The number of carbonyl (C=O) groups excluding carboxylic acids is 1. The summed E-state index contributed by atoms with van der Waals surface area (Å²) in [6.07, 6.45) is 3.98. The zero-order valence-electron chi connectivity index (χ0n) is 37.0. The second-order valence-electron chi connectivity index (χ2n) is 26.3. The summed E-state index contributed by atoms with van der Waals surface area (Å²) in [5.41, 5.74) is 9.22. The van der Waals surface area contributed by atoms with Crippen LogP contribution in [0.25, 0.3) is 291 Å². The van der Waals surface area contributed by atoms with Crippen LogP contribution >= 0.6 is 0 Å². The molecule has 0 unspecified atom stereocenters. The Morgan fingerprint density at radius 3 is 0.736 bits per heavy atom. The molecule has 1 aromatic heterocycles. The molecule has 1 heterocycles. The van der Waals surface area contributed by atoms with Crippen LogP contribution in [0.1, 0.15) is 50.8 Å². The molecule has 34 rings (SSSR count). The quantitative estimate of drug-likeness (QED) is 0.139. The van der Waals surface area contributed by atoms with Gasteiger partial charge in [-0.1, -0.05) is 0 Å². The number of carbonyl (C=O) groups is 1. The van der Waals surface area contributed by atoms with Gasteiger partial charge in [0.05, 0.1) is 6.61 Å². The van der Waals surface area contributed by atoms with Gasteiger partial charge < -0.3 is 9.72 Å². The van der Waals surface area contributed by atoms with Crippen molar-refractivity contribution < 1.29 is 9.53 Å². The van der Waals surface area contributed by atoms with E-state index in [4.69, 9.17) is 4.74 Å². The van der Waals surface area contributed by atoms with Crippen LogP contribution in [0.2, 0.25) is 0 Å². The van der Waals surface area contributed by atoms with Crippen LogP contribution in [0.15, 0.2) is 6.20 Å². The lowest BCUT2D eigenvalue weighted by molar-refractivity contribution is 0.0518. The van der Waals surface area contributed by atoms with Crippen molar-refractivity contribution in [1.29, 1.82) is 0 Å². The summed E-state index contributed by atoms with van der Waals surface area (Å²) in [7, 11) is 0. The van der Waals surface area contributed by atoms with Gasteiger partial charge in [-0.2, -0.15) is 0 Å². The van der Waals surface area contributed by atoms with Gasteiger partial charge in [0, 0.05) is 17.0 Å². The van der Waals surface area contributed by atoms with E-state index in [9.17, 15) is 4.79 Å². The van der Waals surface area contributed by atoms with E-state index in [1.165, 1.54) is 11.1 Å². The van der Waals surface area contributed by atoms with E-state index < -0.39 is 5.41 Å². The molecule has 0 radical (unpaired) electrons. The Morgan fingerprint density at radius 2 is 0.528 bits per heavy atom. The Kier molecular flexibility index (Phi) is 2.29. The van der Waals surface area contributed by atoms with E-state index in [2.05, 4.69) is 11.2 Å². The number of rotatable bonds is 2. The molecule has 28 aromatic carbocycles. The summed E-state index contributed by atoms with van der Waals surface area (Å²) in [4.78, 5) is 18.2. The Balaban J connectivity index is 1.14. The minimum Gasteiger partial charge on any atom is -0.461 e. The summed E-state index contributed by atoms with van der Waals surface area (Å²) < 4.78 is 6.01. The molecule has 5 aliphatic carbocycles. The highest BCUT2D eigenvalue weighted by atomic mass is 16.5. The van der Waals surface area contributed by atoms with Gasteiger partial charge in [0.1, 0.15) is 5.69 Å². The zero-order valence-corrected chi connectivity index (χ0v) is 37.0. The fourth-order valence-electron chi connectivity index (χ4n) is 26.0. The largest absolute Gasteiger partial charge is 0.461 e. The fourth-order valence-corrected chi connectivity index (χ4v) is 26.0. The molecular weight excluding hydrogens is 875 g/mol. The maximum Gasteiger partial charge on any atom is 0.355 e. The van der Waals surface area contributed by atoms with Crippen LogP contribution in [-0.4, -0.2) is 17.6 Å². The zero-order chi connectivity index (χ0) is 43.0. The second-order valence-corrected chi connectivity index (χ2v) is 26.3. The number of aromatic nitrogens is 1. The Hall–Kier alpha value is -8.79. The van der Waals surface area contributed by atoms with Crippen LogP contribution in [0, 0.1) is 0 Å². The van der Waals surface area contributed by atoms with Crippen molar-refractivity contribution in [2.45, 2.75) is 30.6 Å². The van der Waals surface area contributed by atoms with Crippen molar-refractivity contribution in [3.63, 3.8) is 0 Å². The van der Waals surface area contributed by atoms with Crippen molar-refractivity contribution in [2.24, 2.45) is 0 Å². The van der Waals surface area contributed by atoms with Crippen LogP contribution < -0.4 is 0 Å². The first-order valence-corrected chi connectivity index (χ1v) is 26.9. The van der Waals surface area contributed by atoms with Gasteiger partial charge in [-0.05, 0) is 344 Å². The van der Waals surface area contributed by atoms with Gasteiger partial charge in [-0.15, -0.1) is 0 Å². The number of fused-ring (bicyclic) bond motifs is 1. The minimum absolute atomic E-state index is 0.195. The van der Waals surface area contributed by atoms with Gasteiger partial charge in [-0.25, -0.2) is 4.79 Å². The number of ether oxygens (including phenoxy) is 1. The highest BCUT2D eigenvalue weighted by Crippen LogP contribution is 2.85. The van der Waals surface area contributed by atoms with Gasteiger partial charge in [0.25, 0.3) is 0 Å². The van der Waals surface area contributed by atoms with Crippen molar-refractivity contribution in [3.05, 3.63) is 45.3 Å². The van der Waals surface area contributed by atoms with Crippen molar-refractivity contribution >= 4 is 297 Å². The molecular formula is C69H11NO2. The highest BCUT2D eigenvalue weighted by Gasteiger charge is 2.71. The van der Waals surface area contributed by atoms with Crippen LogP contribution in [0.4, 0.5) is 0 Å². The standard InChI is InChI=1S/C69H11NO2/c1-2-72-67(71)66-7-4-69-64-58-48-38-28-20-12-9-8-10-14-16(12)24-30-22(14)32-26-18(10)19-11(8)15-17-13(9)21(20)29-35-25(17)31-23(15)33-27(19)37-36(26)46-40(32)50-44(30)52(42(48)34(24)28)60(64)56(50)62-54(46)55-47(37)41(33)51-45(31)53-43(35)49(39(29)38)59(58)65(69)61(53)57(51)63(55)68(62,69)3-6(7)5-70-66/h5,70H,2-4H2,1H3. The van der Waals surface area contributed by atoms with E-state index >= 15 is 0 Å². The molecule has 72 heavy (non-hydrogen) atoms. The molecule has 0 aliphatic heterocycles. The molecule has 0 fully saturated rings.